The quantitative estimate of drug-likeness (QED) is 0.518. The first kappa shape index (κ1) is 17.9. The first-order valence-electron chi connectivity index (χ1n) is 9.54. The highest BCUT2D eigenvalue weighted by Gasteiger charge is 2.35. The fourth-order valence-corrected chi connectivity index (χ4v) is 4.11. The third-order valence-corrected chi connectivity index (χ3v) is 5.72. The molecule has 1 atom stereocenters. The van der Waals surface area contributed by atoms with Crippen molar-refractivity contribution in [2.24, 2.45) is 0 Å². The molecule has 8 heteroatoms. The Balaban J connectivity index is 1.48. The van der Waals surface area contributed by atoms with Crippen LogP contribution in [0.15, 0.2) is 54.9 Å². The molecular formula is C21H19ClN6O. The summed E-state index contributed by atoms with van der Waals surface area (Å²) in [5.41, 5.74) is 3.05. The molecule has 7 nitrogen and oxygen atoms in total. The van der Waals surface area contributed by atoms with Gasteiger partial charge >= 0.3 is 0 Å². The Morgan fingerprint density at radius 3 is 2.79 bits per heavy atom. The van der Waals surface area contributed by atoms with Crippen LogP contribution in [0.4, 0.5) is 0 Å². The van der Waals surface area contributed by atoms with Crippen molar-refractivity contribution in [3.63, 3.8) is 0 Å². The van der Waals surface area contributed by atoms with E-state index in [9.17, 15) is 4.79 Å². The van der Waals surface area contributed by atoms with Gasteiger partial charge in [0, 0.05) is 17.8 Å². The molecule has 1 amide bonds. The van der Waals surface area contributed by atoms with E-state index in [-0.39, 0.29) is 11.9 Å². The van der Waals surface area contributed by atoms with Gasteiger partial charge < -0.3 is 4.90 Å². The molecule has 0 saturated carbocycles. The second-order valence-electron chi connectivity index (χ2n) is 7.18. The molecule has 0 aliphatic carbocycles. The second-order valence-corrected chi connectivity index (χ2v) is 7.61. The maximum absolute atomic E-state index is 13.4. The van der Waals surface area contributed by atoms with E-state index in [1.54, 1.807) is 10.9 Å². The van der Waals surface area contributed by atoms with Crippen molar-refractivity contribution in [1.29, 1.82) is 0 Å². The molecule has 1 aliphatic rings. The molecule has 1 aromatic carbocycles. The smallest absolute Gasteiger partial charge is 0.257 e. The van der Waals surface area contributed by atoms with Gasteiger partial charge in [0.1, 0.15) is 0 Å². The summed E-state index contributed by atoms with van der Waals surface area (Å²) in [7, 11) is 0. The number of halogens is 1. The number of fused-ring (bicyclic) bond motifs is 1. The van der Waals surface area contributed by atoms with Crippen LogP contribution in [0.5, 0.6) is 0 Å². The molecule has 1 aliphatic heterocycles. The lowest BCUT2D eigenvalue weighted by atomic mass is 10.1. The summed E-state index contributed by atoms with van der Waals surface area (Å²) in [4.78, 5) is 15.3. The molecule has 146 valence electrons. The van der Waals surface area contributed by atoms with Crippen molar-refractivity contribution in [3.8, 4) is 5.69 Å². The van der Waals surface area contributed by atoms with Crippen molar-refractivity contribution >= 4 is 23.2 Å². The average molecular weight is 407 g/mol. The zero-order valence-corrected chi connectivity index (χ0v) is 16.6. The number of hydrogen-bond acceptors (Lipinski definition) is 4. The summed E-state index contributed by atoms with van der Waals surface area (Å²) in [5.74, 6) is 0.770. The number of pyridine rings is 1. The molecule has 0 N–H and O–H groups in total. The largest absolute Gasteiger partial charge is 0.328 e. The summed E-state index contributed by atoms with van der Waals surface area (Å²) >= 11 is 5.98. The van der Waals surface area contributed by atoms with E-state index < -0.39 is 0 Å². The van der Waals surface area contributed by atoms with Crippen molar-refractivity contribution in [2.75, 3.05) is 6.54 Å². The molecular weight excluding hydrogens is 388 g/mol. The number of rotatable bonds is 3. The van der Waals surface area contributed by atoms with E-state index in [0.29, 0.717) is 17.1 Å². The Kier molecular flexibility index (Phi) is 4.32. The number of benzene rings is 1. The molecule has 1 saturated heterocycles. The molecule has 5 rings (SSSR count). The number of nitrogens with zero attached hydrogens (tertiary/aromatic N) is 6. The van der Waals surface area contributed by atoms with Gasteiger partial charge in [-0.25, -0.2) is 4.68 Å². The SMILES string of the molecule is Cc1c(C(=O)N2CCCC2c2nnc3ccccn23)cnn1-c1ccc(Cl)cc1. The summed E-state index contributed by atoms with van der Waals surface area (Å²) < 4.78 is 3.72. The van der Waals surface area contributed by atoms with Gasteiger partial charge in [-0.1, -0.05) is 17.7 Å². The minimum absolute atomic E-state index is 0.0297. The number of amides is 1. The molecule has 1 unspecified atom stereocenters. The molecule has 4 heterocycles. The molecule has 4 aromatic rings. The molecule has 29 heavy (non-hydrogen) atoms. The van der Waals surface area contributed by atoms with Crippen molar-refractivity contribution in [3.05, 3.63) is 77.0 Å². The number of carbonyl (C=O) groups excluding carboxylic acids is 1. The standard InChI is InChI=1S/C21H19ClN6O/c1-14-17(13-23-28(14)16-9-7-15(22)8-10-16)21(29)26-12-4-5-18(26)20-25-24-19-6-2-3-11-27(19)20/h2-3,6-11,13,18H,4-5,12H2,1H3. The van der Waals surface area contributed by atoms with Gasteiger partial charge in [-0.15, -0.1) is 10.2 Å². The Morgan fingerprint density at radius 1 is 1.14 bits per heavy atom. The van der Waals surface area contributed by atoms with E-state index in [0.717, 1.165) is 35.7 Å². The van der Waals surface area contributed by atoms with Crippen LogP contribution in [0.2, 0.25) is 5.02 Å². The van der Waals surface area contributed by atoms with E-state index in [4.69, 9.17) is 11.6 Å². The fourth-order valence-electron chi connectivity index (χ4n) is 3.98. The molecule has 0 radical (unpaired) electrons. The number of carbonyl (C=O) groups is 1. The zero-order valence-electron chi connectivity index (χ0n) is 15.9. The predicted molar refractivity (Wildman–Crippen MR) is 109 cm³/mol. The van der Waals surface area contributed by atoms with Crippen molar-refractivity contribution < 1.29 is 4.79 Å². The van der Waals surface area contributed by atoms with Crippen LogP contribution < -0.4 is 0 Å². The maximum Gasteiger partial charge on any atom is 0.257 e. The third kappa shape index (κ3) is 2.98. The Bertz CT molecular complexity index is 1200. The van der Waals surface area contributed by atoms with Crippen LogP contribution in [0, 0.1) is 6.92 Å². The normalized spacial score (nSPS) is 16.6. The van der Waals surface area contributed by atoms with E-state index in [2.05, 4.69) is 15.3 Å². The number of hydrogen-bond donors (Lipinski definition) is 0. The van der Waals surface area contributed by atoms with Gasteiger partial charge in [0.15, 0.2) is 11.5 Å². The van der Waals surface area contributed by atoms with Crippen molar-refractivity contribution in [2.45, 2.75) is 25.8 Å². The fraction of sp³-hybridized carbons (Fsp3) is 0.238. The Labute approximate surface area is 172 Å². The summed E-state index contributed by atoms with van der Waals surface area (Å²) in [6, 6.07) is 13.1. The lowest BCUT2D eigenvalue weighted by Gasteiger charge is -2.23. The van der Waals surface area contributed by atoms with Gasteiger partial charge in [0.2, 0.25) is 0 Å². The molecule has 1 fully saturated rings. The van der Waals surface area contributed by atoms with Gasteiger partial charge in [-0.3, -0.25) is 9.20 Å². The summed E-state index contributed by atoms with van der Waals surface area (Å²) in [5, 5.41) is 13.7. The Morgan fingerprint density at radius 2 is 1.97 bits per heavy atom. The highest BCUT2D eigenvalue weighted by molar-refractivity contribution is 6.30. The van der Waals surface area contributed by atoms with E-state index in [1.165, 1.54) is 0 Å². The summed E-state index contributed by atoms with van der Waals surface area (Å²) in [6.07, 6.45) is 5.38. The van der Waals surface area contributed by atoms with Crippen LogP contribution in [-0.2, 0) is 0 Å². The molecule has 0 spiro atoms. The van der Waals surface area contributed by atoms with E-state index >= 15 is 0 Å². The highest BCUT2D eigenvalue weighted by Crippen LogP contribution is 2.33. The summed E-state index contributed by atoms with van der Waals surface area (Å²) in [6.45, 7) is 2.60. The van der Waals surface area contributed by atoms with Crippen LogP contribution >= 0.6 is 11.6 Å². The number of aromatic nitrogens is 5. The first-order valence-corrected chi connectivity index (χ1v) is 9.92. The zero-order chi connectivity index (χ0) is 20.0. The third-order valence-electron chi connectivity index (χ3n) is 5.46. The predicted octanol–water partition coefficient (Wildman–Crippen LogP) is 3.85. The molecule has 3 aromatic heterocycles. The maximum atomic E-state index is 13.4. The average Bonchev–Trinajstić information content (AvgIpc) is 3.46. The monoisotopic (exact) mass is 406 g/mol. The second kappa shape index (κ2) is 7.00. The highest BCUT2D eigenvalue weighted by atomic mass is 35.5. The van der Waals surface area contributed by atoms with Gasteiger partial charge in [0.25, 0.3) is 5.91 Å². The van der Waals surface area contributed by atoms with Crippen LogP contribution in [0.1, 0.15) is 40.8 Å². The minimum atomic E-state index is -0.0989. The van der Waals surface area contributed by atoms with E-state index in [1.807, 2.05) is 64.9 Å². The van der Waals surface area contributed by atoms with Crippen LogP contribution in [0.25, 0.3) is 11.3 Å². The lowest BCUT2D eigenvalue weighted by molar-refractivity contribution is 0.0728. The van der Waals surface area contributed by atoms with Crippen LogP contribution in [0.3, 0.4) is 0 Å². The lowest BCUT2D eigenvalue weighted by Crippen LogP contribution is -2.31. The van der Waals surface area contributed by atoms with Crippen molar-refractivity contribution in [1.82, 2.24) is 29.3 Å². The van der Waals surface area contributed by atoms with Crippen LogP contribution in [-0.4, -0.2) is 41.7 Å². The van der Waals surface area contributed by atoms with Gasteiger partial charge in [0.05, 0.1) is 29.2 Å². The minimum Gasteiger partial charge on any atom is -0.328 e. The van der Waals surface area contributed by atoms with Gasteiger partial charge in [-0.05, 0) is 56.2 Å². The first-order chi connectivity index (χ1) is 14.1. The number of likely N-dealkylation sites (tertiary alicyclic amines) is 1. The Hall–Kier alpha value is -3.19. The molecule has 0 bridgehead atoms. The van der Waals surface area contributed by atoms with Gasteiger partial charge in [-0.2, -0.15) is 5.10 Å². The topological polar surface area (TPSA) is 68.3 Å².